The molecule has 0 spiro atoms. The Bertz CT molecular complexity index is 720. The molecular formula is C20H23NO3. The van der Waals surface area contributed by atoms with Crippen molar-refractivity contribution in [3.05, 3.63) is 59.2 Å². The van der Waals surface area contributed by atoms with Gasteiger partial charge in [0, 0.05) is 12.1 Å². The molecule has 0 heterocycles. The molecule has 4 nitrogen and oxygen atoms in total. The topological polar surface area (TPSA) is 55.4 Å². The first-order chi connectivity index (χ1) is 11.5. The van der Waals surface area contributed by atoms with Crippen LogP contribution in [0.25, 0.3) is 0 Å². The van der Waals surface area contributed by atoms with Crippen molar-refractivity contribution >= 4 is 17.4 Å². The van der Waals surface area contributed by atoms with Gasteiger partial charge in [0.1, 0.15) is 11.5 Å². The molecule has 0 atom stereocenters. The first-order valence-corrected chi connectivity index (χ1v) is 8.03. The monoisotopic (exact) mass is 325 g/mol. The van der Waals surface area contributed by atoms with E-state index in [2.05, 4.69) is 5.32 Å². The van der Waals surface area contributed by atoms with Crippen LogP contribution in [0.2, 0.25) is 0 Å². The first-order valence-electron chi connectivity index (χ1n) is 8.03. The average molecular weight is 325 g/mol. The van der Waals surface area contributed by atoms with E-state index in [1.807, 2.05) is 56.3 Å². The second kappa shape index (κ2) is 8.29. The summed E-state index contributed by atoms with van der Waals surface area (Å²) in [6.07, 6.45) is 1.27. The summed E-state index contributed by atoms with van der Waals surface area (Å²) >= 11 is 0. The number of carbonyl (C=O) groups excluding carboxylic acids is 2. The minimum absolute atomic E-state index is 0.0415. The number of hydrogen-bond donors (Lipinski definition) is 1. The van der Waals surface area contributed by atoms with Gasteiger partial charge < -0.3 is 14.8 Å². The fourth-order valence-corrected chi connectivity index (χ4v) is 2.29. The number of hydrogen-bond acceptors (Lipinski definition) is 3. The Morgan fingerprint density at radius 3 is 2.42 bits per heavy atom. The Hall–Kier alpha value is -2.62. The molecule has 126 valence electrons. The van der Waals surface area contributed by atoms with Crippen molar-refractivity contribution in [3.63, 3.8) is 0 Å². The number of ketones is 1. The summed E-state index contributed by atoms with van der Waals surface area (Å²) in [5, 5.41) is 2.86. The van der Waals surface area contributed by atoms with E-state index in [4.69, 9.17) is 4.74 Å². The number of aryl methyl sites for hydroxylation is 2. The highest BCUT2D eigenvalue weighted by Gasteiger charge is 2.07. The van der Waals surface area contributed by atoms with E-state index in [9.17, 15) is 9.59 Å². The van der Waals surface area contributed by atoms with Crippen LogP contribution in [0.5, 0.6) is 5.75 Å². The highest BCUT2D eigenvalue weighted by atomic mass is 16.5. The number of anilines is 1. The zero-order valence-corrected chi connectivity index (χ0v) is 14.4. The van der Waals surface area contributed by atoms with Gasteiger partial charge in [-0.3, -0.25) is 4.79 Å². The second-order valence-corrected chi connectivity index (χ2v) is 5.93. The Balaban J connectivity index is 1.85. The number of amides is 1. The molecule has 0 fully saturated rings. The predicted molar refractivity (Wildman–Crippen MR) is 95.5 cm³/mol. The molecule has 0 aliphatic heterocycles. The van der Waals surface area contributed by atoms with Crippen molar-refractivity contribution in [2.75, 3.05) is 11.9 Å². The Morgan fingerprint density at radius 2 is 1.75 bits per heavy atom. The zero-order chi connectivity index (χ0) is 17.5. The average Bonchev–Trinajstić information content (AvgIpc) is 2.56. The van der Waals surface area contributed by atoms with E-state index in [1.165, 1.54) is 0 Å². The largest absolute Gasteiger partial charge is 0.484 e. The lowest BCUT2D eigenvalue weighted by molar-refractivity contribution is -0.118. The minimum Gasteiger partial charge on any atom is -0.484 e. The first kappa shape index (κ1) is 17.7. The standard InChI is InChI=1S/C20H23NO3/c1-14-5-4-6-19(16(14)3)21-20(23)13-24-18-11-9-17(10-12-18)8-7-15(2)22/h4-6,9-12H,7-8,13H2,1-3H3,(H,21,23). The summed E-state index contributed by atoms with van der Waals surface area (Å²) in [7, 11) is 0. The van der Waals surface area contributed by atoms with Crippen molar-refractivity contribution in [3.8, 4) is 5.75 Å². The van der Waals surface area contributed by atoms with Crippen LogP contribution >= 0.6 is 0 Å². The third-order valence-electron chi connectivity index (χ3n) is 3.94. The summed E-state index contributed by atoms with van der Waals surface area (Å²) in [5.41, 5.74) is 4.08. The lowest BCUT2D eigenvalue weighted by Gasteiger charge is -2.11. The number of Topliss-reactive ketones (excluding diaryl/α,β-unsaturated/α-hetero) is 1. The highest BCUT2D eigenvalue weighted by Crippen LogP contribution is 2.18. The van der Waals surface area contributed by atoms with Gasteiger partial charge >= 0.3 is 0 Å². The van der Waals surface area contributed by atoms with Gasteiger partial charge in [0.25, 0.3) is 5.91 Å². The van der Waals surface area contributed by atoms with Gasteiger partial charge in [-0.15, -0.1) is 0 Å². The van der Waals surface area contributed by atoms with E-state index in [-0.39, 0.29) is 18.3 Å². The zero-order valence-electron chi connectivity index (χ0n) is 14.4. The third-order valence-corrected chi connectivity index (χ3v) is 3.94. The van der Waals surface area contributed by atoms with E-state index >= 15 is 0 Å². The molecule has 1 amide bonds. The predicted octanol–water partition coefficient (Wildman–Crippen LogP) is 3.84. The van der Waals surface area contributed by atoms with Gasteiger partial charge in [0.15, 0.2) is 6.61 Å². The fraction of sp³-hybridized carbons (Fsp3) is 0.300. The number of ether oxygens (including phenoxy) is 1. The lowest BCUT2D eigenvalue weighted by atomic mass is 10.1. The smallest absolute Gasteiger partial charge is 0.262 e. The van der Waals surface area contributed by atoms with Crippen molar-refractivity contribution in [2.45, 2.75) is 33.6 Å². The highest BCUT2D eigenvalue weighted by molar-refractivity contribution is 5.92. The molecule has 0 aliphatic carbocycles. The second-order valence-electron chi connectivity index (χ2n) is 5.93. The SMILES string of the molecule is CC(=O)CCc1ccc(OCC(=O)Nc2cccc(C)c2C)cc1. The molecule has 0 saturated carbocycles. The van der Waals surface area contributed by atoms with E-state index in [0.29, 0.717) is 12.2 Å². The maximum Gasteiger partial charge on any atom is 0.262 e. The quantitative estimate of drug-likeness (QED) is 0.841. The van der Waals surface area contributed by atoms with Crippen molar-refractivity contribution in [2.24, 2.45) is 0 Å². The lowest BCUT2D eigenvalue weighted by Crippen LogP contribution is -2.20. The van der Waals surface area contributed by atoms with Gasteiger partial charge in [0.05, 0.1) is 0 Å². The Labute approximate surface area is 142 Å². The van der Waals surface area contributed by atoms with Crippen LogP contribution in [0.3, 0.4) is 0 Å². The Morgan fingerprint density at radius 1 is 1.04 bits per heavy atom. The molecule has 2 rings (SSSR count). The number of rotatable bonds is 7. The molecule has 2 aromatic rings. The molecule has 0 bridgehead atoms. The van der Waals surface area contributed by atoms with E-state index < -0.39 is 0 Å². The van der Waals surface area contributed by atoms with E-state index in [0.717, 1.165) is 28.8 Å². The maximum absolute atomic E-state index is 12.0. The molecule has 0 saturated heterocycles. The normalized spacial score (nSPS) is 10.3. The summed E-state index contributed by atoms with van der Waals surface area (Å²) in [4.78, 5) is 23.0. The van der Waals surface area contributed by atoms with Crippen molar-refractivity contribution < 1.29 is 14.3 Å². The van der Waals surface area contributed by atoms with Crippen LogP contribution in [0, 0.1) is 13.8 Å². The summed E-state index contributed by atoms with van der Waals surface area (Å²) in [5.74, 6) is 0.625. The summed E-state index contributed by atoms with van der Waals surface area (Å²) < 4.78 is 5.51. The van der Waals surface area contributed by atoms with Crippen LogP contribution in [-0.2, 0) is 16.0 Å². The van der Waals surface area contributed by atoms with Crippen molar-refractivity contribution in [1.82, 2.24) is 0 Å². The molecule has 0 aromatic heterocycles. The Kier molecular flexibility index (Phi) is 6.13. The molecule has 0 radical (unpaired) electrons. The molecular weight excluding hydrogens is 302 g/mol. The van der Waals surface area contributed by atoms with Gasteiger partial charge in [-0.2, -0.15) is 0 Å². The van der Waals surface area contributed by atoms with Crippen LogP contribution in [0.15, 0.2) is 42.5 Å². The van der Waals surface area contributed by atoms with Crippen LogP contribution in [0.1, 0.15) is 30.0 Å². The van der Waals surface area contributed by atoms with Gasteiger partial charge in [0.2, 0.25) is 0 Å². The van der Waals surface area contributed by atoms with Crippen LogP contribution in [-0.4, -0.2) is 18.3 Å². The van der Waals surface area contributed by atoms with Crippen LogP contribution < -0.4 is 10.1 Å². The fourth-order valence-electron chi connectivity index (χ4n) is 2.29. The van der Waals surface area contributed by atoms with Crippen LogP contribution in [0.4, 0.5) is 5.69 Å². The number of nitrogens with one attached hydrogen (secondary N) is 1. The molecule has 4 heteroatoms. The summed E-state index contributed by atoms with van der Waals surface area (Å²) in [6, 6.07) is 13.3. The number of benzene rings is 2. The van der Waals surface area contributed by atoms with Gasteiger partial charge in [-0.25, -0.2) is 0 Å². The molecule has 2 aromatic carbocycles. The molecule has 0 aliphatic rings. The molecule has 1 N–H and O–H groups in total. The van der Waals surface area contributed by atoms with Gasteiger partial charge in [-0.05, 0) is 62.1 Å². The molecule has 24 heavy (non-hydrogen) atoms. The van der Waals surface area contributed by atoms with Crippen molar-refractivity contribution in [1.29, 1.82) is 0 Å². The number of carbonyl (C=O) groups is 2. The summed E-state index contributed by atoms with van der Waals surface area (Å²) in [6.45, 7) is 5.53. The van der Waals surface area contributed by atoms with E-state index in [1.54, 1.807) is 6.92 Å². The van der Waals surface area contributed by atoms with Gasteiger partial charge in [-0.1, -0.05) is 24.3 Å². The third kappa shape index (κ3) is 5.23. The maximum atomic E-state index is 12.0. The molecule has 0 unspecified atom stereocenters. The minimum atomic E-state index is -0.190.